The molecule has 4 rings (SSSR count). The van der Waals surface area contributed by atoms with E-state index in [0.29, 0.717) is 17.3 Å². The number of anilines is 1. The molecule has 2 aromatic heterocycles. The second-order valence-corrected chi connectivity index (χ2v) is 6.11. The van der Waals surface area contributed by atoms with Gasteiger partial charge in [0.1, 0.15) is 11.3 Å². The molecule has 0 unspecified atom stereocenters. The van der Waals surface area contributed by atoms with E-state index in [1.165, 1.54) is 11.6 Å². The second kappa shape index (κ2) is 7.43. The van der Waals surface area contributed by atoms with Gasteiger partial charge in [-0.25, -0.2) is 9.97 Å². The number of nitrogens with zero attached hydrogens (tertiary/aromatic N) is 2. The molecular weight excluding hydrogens is 342 g/mol. The third-order valence-electron chi connectivity index (χ3n) is 4.28. The number of hydrogen-bond donors (Lipinski definition) is 3. The molecule has 0 atom stereocenters. The fourth-order valence-electron chi connectivity index (χ4n) is 2.99. The van der Waals surface area contributed by atoms with Gasteiger partial charge in [0.05, 0.1) is 6.20 Å². The van der Waals surface area contributed by atoms with Gasteiger partial charge in [-0.15, -0.1) is 0 Å². The highest BCUT2D eigenvalue weighted by Gasteiger charge is 2.14. The van der Waals surface area contributed by atoms with E-state index in [4.69, 9.17) is 4.74 Å². The van der Waals surface area contributed by atoms with Crippen LogP contribution in [0.4, 0.5) is 5.69 Å². The molecule has 1 aliphatic heterocycles. The Morgan fingerprint density at radius 1 is 1.37 bits per heavy atom. The van der Waals surface area contributed by atoms with Gasteiger partial charge in [0.15, 0.2) is 5.65 Å². The van der Waals surface area contributed by atoms with Crippen molar-refractivity contribution in [2.75, 3.05) is 18.4 Å². The van der Waals surface area contributed by atoms with E-state index < -0.39 is 0 Å². The number of aromatic nitrogens is 3. The number of carbonyl (C=O) groups excluding carboxylic acids is 1. The van der Waals surface area contributed by atoms with Gasteiger partial charge >= 0.3 is 0 Å². The van der Waals surface area contributed by atoms with Gasteiger partial charge in [0.2, 0.25) is 11.8 Å². The lowest BCUT2D eigenvalue weighted by atomic mass is 10.0. The average molecular weight is 361 g/mol. The first kappa shape index (κ1) is 17.0. The first-order chi connectivity index (χ1) is 13.2. The molecule has 3 N–H and O–H groups in total. The van der Waals surface area contributed by atoms with E-state index in [9.17, 15) is 4.79 Å². The maximum Gasteiger partial charge on any atom is 0.247 e. The van der Waals surface area contributed by atoms with Crippen LogP contribution in [0.3, 0.4) is 0 Å². The Morgan fingerprint density at radius 2 is 2.30 bits per heavy atom. The normalized spacial score (nSPS) is 13.9. The number of rotatable bonds is 5. The Balaban J connectivity index is 1.61. The van der Waals surface area contributed by atoms with Gasteiger partial charge in [0.25, 0.3) is 0 Å². The largest absolute Gasteiger partial charge is 0.437 e. The number of carbonyl (C=O) groups is 1. The van der Waals surface area contributed by atoms with Gasteiger partial charge in [-0.2, -0.15) is 0 Å². The molecule has 0 radical (unpaired) electrons. The Labute approximate surface area is 156 Å². The maximum atomic E-state index is 11.4. The van der Waals surface area contributed by atoms with E-state index in [1.807, 2.05) is 6.20 Å². The van der Waals surface area contributed by atoms with Crippen LogP contribution >= 0.6 is 0 Å². The molecular formula is C20H19N5O2. The number of benzene rings is 1. The van der Waals surface area contributed by atoms with Gasteiger partial charge in [-0.1, -0.05) is 18.7 Å². The van der Waals surface area contributed by atoms with Crippen LogP contribution in [-0.4, -0.2) is 33.9 Å². The van der Waals surface area contributed by atoms with Gasteiger partial charge in [0, 0.05) is 30.1 Å². The smallest absolute Gasteiger partial charge is 0.247 e. The summed E-state index contributed by atoms with van der Waals surface area (Å²) < 4.78 is 5.86. The standard InChI is InChI=1S/C20H19N5O2/c1-2-17(26)24-14-4-3-5-15(10-14)27-18-12-23-20-19(25-18)16(11-22-20)13-6-8-21-9-7-13/h2-6,10-12,21H,1,7-9H2,(H,22,23)(H,24,26). The predicted octanol–water partition coefficient (Wildman–Crippen LogP) is 3.25. The molecule has 0 saturated heterocycles. The lowest BCUT2D eigenvalue weighted by molar-refractivity contribution is -0.111. The SMILES string of the molecule is C=CC(=O)Nc1cccc(Oc2cnc3[nH]cc(C4=CCNCC4)c3n2)c1. The highest BCUT2D eigenvalue weighted by atomic mass is 16.5. The van der Waals surface area contributed by atoms with Crippen molar-refractivity contribution in [2.24, 2.45) is 0 Å². The van der Waals surface area contributed by atoms with Crippen LogP contribution in [-0.2, 0) is 4.79 Å². The van der Waals surface area contributed by atoms with Crippen LogP contribution in [0.1, 0.15) is 12.0 Å². The van der Waals surface area contributed by atoms with Crippen molar-refractivity contribution in [1.29, 1.82) is 0 Å². The van der Waals surface area contributed by atoms with Crippen molar-refractivity contribution in [3.05, 3.63) is 61.0 Å². The Hall–Kier alpha value is -3.45. The summed E-state index contributed by atoms with van der Waals surface area (Å²) in [5.74, 6) is 0.675. The zero-order valence-electron chi connectivity index (χ0n) is 14.7. The topological polar surface area (TPSA) is 91.9 Å². The Morgan fingerprint density at radius 3 is 3.11 bits per heavy atom. The summed E-state index contributed by atoms with van der Waals surface area (Å²) in [6.45, 7) is 5.25. The zero-order valence-corrected chi connectivity index (χ0v) is 14.7. The molecule has 1 aromatic carbocycles. The number of ether oxygens (including phenoxy) is 1. The Bertz CT molecular complexity index is 1040. The van der Waals surface area contributed by atoms with Crippen LogP contribution in [0.25, 0.3) is 16.7 Å². The van der Waals surface area contributed by atoms with Crippen LogP contribution in [0.15, 0.2) is 55.4 Å². The molecule has 7 nitrogen and oxygen atoms in total. The number of aromatic amines is 1. The quantitative estimate of drug-likeness (QED) is 0.607. The van der Waals surface area contributed by atoms with Crippen molar-refractivity contribution in [1.82, 2.24) is 20.3 Å². The highest BCUT2D eigenvalue weighted by molar-refractivity contribution is 5.99. The van der Waals surface area contributed by atoms with Crippen molar-refractivity contribution in [3.8, 4) is 11.6 Å². The monoisotopic (exact) mass is 361 g/mol. The van der Waals surface area contributed by atoms with Gasteiger partial charge < -0.3 is 20.4 Å². The number of hydrogen-bond acceptors (Lipinski definition) is 5. The van der Waals surface area contributed by atoms with E-state index >= 15 is 0 Å². The van der Waals surface area contributed by atoms with E-state index in [2.05, 4.69) is 38.2 Å². The molecule has 3 heterocycles. The fraction of sp³-hybridized carbons (Fsp3) is 0.150. The molecule has 0 aliphatic carbocycles. The Kier molecular flexibility index (Phi) is 4.67. The molecule has 1 aliphatic rings. The molecule has 1 amide bonds. The molecule has 7 heteroatoms. The maximum absolute atomic E-state index is 11.4. The van der Waals surface area contributed by atoms with E-state index in [-0.39, 0.29) is 5.91 Å². The van der Waals surface area contributed by atoms with Gasteiger partial charge in [-0.3, -0.25) is 4.79 Å². The average Bonchev–Trinajstić information content (AvgIpc) is 3.12. The molecule has 0 bridgehead atoms. The molecule has 3 aromatic rings. The highest BCUT2D eigenvalue weighted by Crippen LogP contribution is 2.29. The summed E-state index contributed by atoms with van der Waals surface area (Å²) in [5, 5.41) is 6.01. The fourth-order valence-corrected chi connectivity index (χ4v) is 2.99. The summed E-state index contributed by atoms with van der Waals surface area (Å²) in [6.07, 6.45) is 7.86. The first-order valence-electron chi connectivity index (χ1n) is 8.68. The second-order valence-electron chi connectivity index (χ2n) is 6.11. The van der Waals surface area contributed by atoms with E-state index in [0.717, 1.165) is 36.2 Å². The lowest BCUT2D eigenvalue weighted by Crippen LogP contribution is -2.19. The predicted molar refractivity (Wildman–Crippen MR) is 105 cm³/mol. The third-order valence-corrected chi connectivity index (χ3v) is 4.28. The summed E-state index contributed by atoms with van der Waals surface area (Å²) in [7, 11) is 0. The van der Waals surface area contributed by atoms with Crippen molar-refractivity contribution in [3.63, 3.8) is 0 Å². The first-order valence-corrected chi connectivity index (χ1v) is 8.68. The number of fused-ring (bicyclic) bond motifs is 1. The van der Waals surface area contributed by atoms with Gasteiger partial charge in [-0.05, 0) is 36.7 Å². The van der Waals surface area contributed by atoms with Crippen molar-refractivity contribution in [2.45, 2.75) is 6.42 Å². The van der Waals surface area contributed by atoms with Crippen LogP contribution in [0.2, 0.25) is 0 Å². The summed E-state index contributed by atoms with van der Waals surface area (Å²) >= 11 is 0. The van der Waals surface area contributed by atoms with Crippen molar-refractivity contribution < 1.29 is 9.53 Å². The summed E-state index contributed by atoms with van der Waals surface area (Å²) in [6, 6.07) is 7.09. The number of nitrogens with one attached hydrogen (secondary N) is 3. The molecule has 0 fully saturated rings. The molecule has 27 heavy (non-hydrogen) atoms. The zero-order chi connectivity index (χ0) is 18.6. The molecule has 0 saturated carbocycles. The minimum absolute atomic E-state index is 0.277. The minimum Gasteiger partial charge on any atom is -0.437 e. The molecule has 136 valence electrons. The number of H-pyrrole nitrogens is 1. The minimum atomic E-state index is -0.277. The van der Waals surface area contributed by atoms with Crippen LogP contribution < -0.4 is 15.4 Å². The summed E-state index contributed by atoms with van der Waals surface area (Å²) in [5.41, 5.74) is 4.44. The summed E-state index contributed by atoms with van der Waals surface area (Å²) in [4.78, 5) is 23.7. The third kappa shape index (κ3) is 3.73. The van der Waals surface area contributed by atoms with Crippen LogP contribution in [0.5, 0.6) is 11.6 Å². The van der Waals surface area contributed by atoms with E-state index in [1.54, 1.807) is 30.5 Å². The molecule has 0 spiro atoms. The lowest BCUT2D eigenvalue weighted by Gasteiger charge is -2.13. The van der Waals surface area contributed by atoms with Crippen LogP contribution in [0, 0.1) is 0 Å². The van der Waals surface area contributed by atoms with Crippen molar-refractivity contribution >= 4 is 28.3 Å². The number of amides is 1.